The van der Waals surface area contributed by atoms with E-state index < -0.39 is 0 Å². The lowest BCUT2D eigenvalue weighted by atomic mass is 9.75. The predicted molar refractivity (Wildman–Crippen MR) is 92.6 cm³/mol. The van der Waals surface area contributed by atoms with Crippen LogP contribution in [0.3, 0.4) is 0 Å². The summed E-state index contributed by atoms with van der Waals surface area (Å²) in [5.74, 6) is 2.03. The zero-order valence-electron chi connectivity index (χ0n) is 14.7. The lowest BCUT2D eigenvalue weighted by Crippen LogP contribution is -2.41. The average Bonchev–Trinajstić information content (AvgIpc) is 2.95. The summed E-state index contributed by atoms with van der Waals surface area (Å²) in [6.45, 7) is 9.20. The highest BCUT2D eigenvalue weighted by Crippen LogP contribution is 2.41. The summed E-state index contributed by atoms with van der Waals surface area (Å²) in [6, 6.07) is 7.81. The average molecular weight is 335 g/mol. The molecule has 24 heavy (non-hydrogen) atoms. The van der Waals surface area contributed by atoms with E-state index in [9.17, 15) is 5.11 Å². The number of hydrogen-bond donors (Lipinski definition) is 1. The largest absolute Gasteiger partial charge is 0.488 e. The van der Waals surface area contributed by atoms with E-state index in [1.54, 1.807) is 0 Å². The Hall–Kier alpha value is -1.30. The number of aliphatic hydroxyl groups excluding tert-OH is 1. The topological polar surface area (TPSA) is 51.2 Å². The van der Waals surface area contributed by atoms with Crippen LogP contribution in [0.5, 0.6) is 11.5 Å². The molecule has 5 nitrogen and oxygen atoms in total. The van der Waals surface area contributed by atoms with Gasteiger partial charge in [-0.1, -0.05) is 12.1 Å². The number of para-hydroxylation sites is 2. The second-order valence-electron chi connectivity index (χ2n) is 7.24. The summed E-state index contributed by atoms with van der Waals surface area (Å²) in [5, 5.41) is 9.86. The molecule has 2 heterocycles. The van der Waals surface area contributed by atoms with Crippen LogP contribution in [0, 0.1) is 11.3 Å². The minimum atomic E-state index is 0.0247. The fourth-order valence-electron chi connectivity index (χ4n) is 3.79. The standard InChI is InChI=1S/C19H29NO4/c1-15(2)24-18-6-4-3-5-17(18)23-10-8-20-11-16-12-22-9-7-19(16,13-20)14-21/h3-6,15-16,21H,7-14H2,1-2H3/t16-,19-/m1/s1. The Labute approximate surface area is 144 Å². The molecule has 2 fully saturated rings. The van der Waals surface area contributed by atoms with Crippen LogP contribution in [-0.2, 0) is 4.74 Å². The van der Waals surface area contributed by atoms with E-state index in [1.165, 1.54) is 0 Å². The van der Waals surface area contributed by atoms with Gasteiger partial charge in [-0.05, 0) is 32.4 Å². The van der Waals surface area contributed by atoms with Crippen LogP contribution in [0.1, 0.15) is 20.3 Å². The second-order valence-corrected chi connectivity index (χ2v) is 7.24. The molecule has 0 saturated carbocycles. The minimum Gasteiger partial charge on any atom is -0.488 e. The third kappa shape index (κ3) is 3.85. The van der Waals surface area contributed by atoms with Gasteiger partial charge < -0.3 is 19.3 Å². The third-order valence-electron chi connectivity index (χ3n) is 5.14. The summed E-state index contributed by atoms with van der Waals surface area (Å²) in [6.07, 6.45) is 1.08. The lowest BCUT2D eigenvalue weighted by molar-refractivity contribution is -0.0417. The molecule has 5 heteroatoms. The van der Waals surface area contributed by atoms with Gasteiger partial charge in [-0.2, -0.15) is 0 Å². The first-order valence-corrected chi connectivity index (χ1v) is 8.92. The van der Waals surface area contributed by atoms with Gasteiger partial charge in [0.1, 0.15) is 6.61 Å². The Kier molecular flexibility index (Phi) is 5.64. The summed E-state index contributed by atoms with van der Waals surface area (Å²) in [4.78, 5) is 2.39. The molecule has 0 aromatic heterocycles. The molecule has 1 N–H and O–H groups in total. The smallest absolute Gasteiger partial charge is 0.161 e. The van der Waals surface area contributed by atoms with E-state index >= 15 is 0 Å². The second kappa shape index (κ2) is 7.72. The Morgan fingerprint density at radius 3 is 2.83 bits per heavy atom. The molecule has 134 valence electrons. The van der Waals surface area contributed by atoms with Gasteiger partial charge >= 0.3 is 0 Å². The van der Waals surface area contributed by atoms with Gasteiger partial charge in [-0.3, -0.25) is 4.90 Å². The van der Waals surface area contributed by atoms with Crippen LogP contribution in [0.25, 0.3) is 0 Å². The van der Waals surface area contributed by atoms with E-state index in [0.717, 1.165) is 50.8 Å². The number of nitrogens with zero attached hydrogens (tertiary/aromatic N) is 1. The molecule has 0 spiro atoms. The number of ether oxygens (including phenoxy) is 3. The number of likely N-dealkylation sites (tertiary alicyclic amines) is 1. The van der Waals surface area contributed by atoms with Crippen molar-refractivity contribution < 1.29 is 19.3 Å². The minimum absolute atomic E-state index is 0.0247. The molecule has 2 aliphatic rings. The van der Waals surface area contributed by atoms with Gasteiger partial charge in [-0.15, -0.1) is 0 Å². The molecular formula is C19H29NO4. The highest BCUT2D eigenvalue weighted by atomic mass is 16.5. The maximum Gasteiger partial charge on any atom is 0.161 e. The molecule has 0 unspecified atom stereocenters. The van der Waals surface area contributed by atoms with Crippen molar-refractivity contribution in [1.82, 2.24) is 4.90 Å². The normalized spacial score (nSPS) is 27.2. The van der Waals surface area contributed by atoms with Crippen molar-refractivity contribution in [2.75, 3.05) is 46.1 Å². The van der Waals surface area contributed by atoms with Crippen LogP contribution in [0.4, 0.5) is 0 Å². The fourth-order valence-corrected chi connectivity index (χ4v) is 3.79. The van der Waals surface area contributed by atoms with Crippen molar-refractivity contribution >= 4 is 0 Å². The van der Waals surface area contributed by atoms with Crippen molar-refractivity contribution in [3.63, 3.8) is 0 Å². The highest BCUT2D eigenvalue weighted by molar-refractivity contribution is 5.39. The fraction of sp³-hybridized carbons (Fsp3) is 0.684. The molecule has 2 atom stereocenters. The monoisotopic (exact) mass is 335 g/mol. The maximum absolute atomic E-state index is 9.86. The Balaban J connectivity index is 1.52. The van der Waals surface area contributed by atoms with Crippen molar-refractivity contribution in [3.8, 4) is 11.5 Å². The Morgan fingerprint density at radius 1 is 1.33 bits per heavy atom. The van der Waals surface area contributed by atoms with Crippen molar-refractivity contribution in [1.29, 1.82) is 0 Å². The summed E-state index contributed by atoms with van der Waals surface area (Å²) in [5.41, 5.74) is 0.0247. The molecule has 0 amide bonds. The van der Waals surface area contributed by atoms with E-state index in [2.05, 4.69) is 4.90 Å². The molecule has 2 aliphatic heterocycles. The highest BCUT2D eigenvalue weighted by Gasteiger charge is 2.47. The first-order valence-electron chi connectivity index (χ1n) is 8.92. The predicted octanol–water partition coefficient (Wildman–Crippen LogP) is 2.18. The van der Waals surface area contributed by atoms with Crippen LogP contribution >= 0.6 is 0 Å². The molecule has 2 saturated heterocycles. The van der Waals surface area contributed by atoms with Gasteiger partial charge in [0.2, 0.25) is 0 Å². The zero-order chi connectivity index (χ0) is 17.0. The first-order chi connectivity index (χ1) is 11.6. The number of hydrogen-bond acceptors (Lipinski definition) is 5. The molecule has 1 aromatic carbocycles. The SMILES string of the molecule is CC(C)Oc1ccccc1OCCN1C[C@@H]2COCC[C@]2(CO)C1. The molecular weight excluding hydrogens is 306 g/mol. The van der Waals surface area contributed by atoms with Crippen LogP contribution in [0.15, 0.2) is 24.3 Å². The number of benzene rings is 1. The quantitative estimate of drug-likeness (QED) is 0.828. The lowest BCUT2D eigenvalue weighted by Gasteiger charge is -2.36. The van der Waals surface area contributed by atoms with Crippen molar-refractivity contribution in [2.24, 2.45) is 11.3 Å². The number of fused-ring (bicyclic) bond motifs is 1. The maximum atomic E-state index is 9.86. The van der Waals surface area contributed by atoms with E-state index in [0.29, 0.717) is 12.5 Å². The molecule has 3 rings (SSSR count). The van der Waals surface area contributed by atoms with Crippen molar-refractivity contribution in [3.05, 3.63) is 24.3 Å². The van der Waals surface area contributed by atoms with Crippen LogP contribution in [-0.4, -0.2) is 62.2 Å². The van der Waals surface area contributed by atoms with Crippen molar-refractivity contribution in [2.45, 2.75) is 26.4 Å². The molecule has 0 radical (unpaired) electrons. The zero-order valence-corrected chi connectivity index (χ0v) is 14.7. The first kappa shape index (κ1) is 17.5. The van der Waals surface area contributed by atoms with Gasteiger partial charge in [0.25, 0.3) is 0 Å². The van der Waals surface area contributed by atoms with Gasteiger partial charge in [-0.25, -0.2) is 0 Å². The van der Waals surface area contributed by atoms with Gasteiger partial charge in [0, 0.05) is 37.6 Å². The molecule has 0 aliphatic carbocycles. The summed E-state index contributed by atoms with van der Waals surface area (Å²) in [7, 11) is 0. The third-order valence-corrected chi connectivity index (χ3v) is 5.14. The van der Waals surface area contributed by atoms with Gasteiger partial charge in [0.05, 0.1) is 19.3 Å². The van der Waals surface area contributed by atoms with E-state index in [-0.39, 0.29) is 18.1 Å². The van der Waals surface area contributed by atoms with Crippen LogP contribution in [0.2, 0.25) is 0 Å². The molecule has 0 bridgehead atoms. The summed E-state index contributed by atoms with van der Waals surface area (Å²) >= 11 is 0. The Morgan fingerprint density at radius 2 is 2.12 bits per heavy atom. The Bertz CT molecular complexity index is 536. The number of rotatable bonds is 7. The van der Waals surface area contributed by atoms with E-state index in [4.69, 9.17) is 14.2 Å². The number of aliphatic hydroxyl groups is 1. The van der Waals surface area contributed by atoms with E-state index in [1.807, 2.05) is 38.1 Å². The molecule has 1 aromatic rings. The summed E-state index contributed by atoms with van der Waals surface area (Å²) < 4.78 is 17.3. The van der Waals surface area contributed by atoms with Gasteiger partial charge in [0.15, 0.2) is 11.5 Å². The van der Waals surface area contributed by atoms with Crippen LogP contribution < -0.4 is 9.47 Å².